The first-order valence-corrected chi connectivity index (χ1v) is 6.96. The minimum atomic E-state index is -0.458. The Morgan fingerprint density at radius 1 is 1.23 bits per heavy atom. The Kier molecular flexibility index (Phi) is 4.04. The maximum absolute atomic E-state index is 11.0. The summed E-state index contributed by atoms with van der Waals surface area (Å²) in [4.78, 5) is 14.6. The van der Waals surface area contributed by atoms with Crippen molar-refractivity contribution in [1.82, 2.24) is 4.98 Å². The van der Waals surface area contributed by atoms with Crippen molar-refractivity contribution in [3.8, 4) is 11.5 Å². The fourth-order valence-corrected chi connectivity index (χ4v) is 2.25. The normalized spacial score (nSPS) is 13.3. The molecule has 0 saturated carbocycles. The fraction of sp³-hybridized carbons (Fsp3) is 0.267. The lowest BCUT2D eigenvalue weighted by atomic mass is 10.2. The number of aromatic nitrogens is 1. The zero-order valence-corrected chi connectivity index (χ0v) is 11.8. The van der Waals surface area contributed by atoms with Crippen molar-refractivity contribution in [2.24, 2.45) is 0 Å². The van der Waals surface area contributed by atoms with E-state index in [1.54, 1.807) is 0 Å². The van der Waals surface area contributed by atoms with Gasteiger partial charge in [0.25, 0.3) is 0 Å². The van der Waals surface area contributed by atoms with Crippen LogP contribution in [0.3, 0.4) is 0 Å². The summed E-state index contributed by atoms with van der Waals surface area (Å²) in [6.45, 7) is 1.58. The first-order chi connectivity index (χ1) is 10.8. The molecule has 22 heavy (non-hydrogen) atoms. The minimum absolute atomic E-state index is 0.0540. The maximum Gasteiger partial charge on any atom is 0.311 e. The zero-order valence-electron chi connectivity index (χ0n) is 11.8. The van der Waals surface area contributed by atoms with Crippen molar-refractivity contribution in [2.75, 3.05) is 18.5 Å². The van der Waals surface area contributed by atoms with Gasteiger partial charge in [0, 0.05) is 30.8 Å². The number of hydrogen-bond donors (Lipinski definition) is 1. The van der Waals surface area contributed by atoms with Gasteiger partial charge < -0.3 is 14.8 Å². The second-order valence-corrected chi connectivity index (χ2v) is 4.78. The van der Waals surface area contributed by atoms with E-state index < -0.39 is 4.92 Å². The molecule has 7 nitrogen and oxygen atoms in total. The van der Waals surface area contributed by atoms with Crippen LogP contribution in [0.15, 0.2) is 36.5 Å². The molecule has 7 heteroatoms. The Labute approximate surface area is 127 Å². The van der Waals surface area contributed by atoms with Crippen LogP contribution in [-0.4, -0.2) is 23.1 Å². The average Bonchev–Trinajstić information content (AvgIpc) is 2.78. The molecule has 0 amide bonds. The van der Waals surface area contributed by atoms with Gasteiger partial charge in [-0.05, 0) is 12.1 Å². The lowest BCUT2D eigenvalue weighted by Crippen LogP contribution is -2.06. The van der Waals surface area contributed by atoms with Crippen LogP contribution in [0.2, 0.25) is 0 Å². The van der Waals surface area contributed by atoms with Gasteiger partial charge >= 0.3 is 5.69 Å². The van der Waals surface area contributed by atoms with Gasteiger partial charge in [-0.3, -0.25) is 10.1 Å². The number of hydrogen-bond acceptors (Lipinski definition) is 6. The second-order valence-electron chi connectivity index (χ2n) is 4.78. The molecule has 0 aliphatic carbocycles. The Hall–Kier alpha value is -2.83. The van der Waals surface area contributed by atoms with E-state index in [0.717, 1.165) is 12.0 Å². The number of para-hydroxylation sites is 1. The number of nitrogens with one attached hydrogen (secondary N) is 1. The molecule has 0 unspecified atom stereocenters. The number of rotatable bonds is 4. The number of nitro groups is 1. The van der Waals surface area contributed by atoms with Crippen LogP contribution in [0, 0.1) is 10.1 Å². The number of fused-ring (bicyclic) bond motifs is 1. The molecule has 1 aromatic heterocycles. The van der Waals surface area contributed by atoms with Crippen molar-refractivity contribution >= 4 is 11.5 Å². The van der Waals surface area contributed by atoms with E-state index in [0.29, 0.717) is 31.3 Å². The SMILES string of the molecule is O=[N+]([O-])c1cccnc1NCc1cccc2c1OCCCO2. The highest BCUT2D eigenvalue weighted by atomic mass is 16.6. The molecule has 3 rings (SSSR count). The van der Waals surface area contributed by atoms with Crippen LogP contribution < -0.4 is 14.8 Å². The Morgan fingerprint density at radius 3 is 2.95 bits per heavy atom. The van der Waals surface area contributed by atoms with Crippen LogP contribution >= 0.6 is 0 Å². The van der Waals surface area contributed by atoms with Gasteiger partial charge in [0.15, 0.2) is 11.5 Å². The molecule has 114 valence electrons. The molecule has 1 N–H and O–H groups in total. The molecule has 1 aliphatic rings. The third-order valence-corrected chi connectivity index (χ3v) is 3.28. The van der Waals surface area contributed by atoms with Crippen molar-refractivity contribution in [3.05, 3.63) is 52.2 Å². The topological polar surface area (TPSA) is 86.5 Å². The fourth-order valence-electron chi connectivity index (χ4n) is 2.25. The van der Waals surface area contributed by atoms with Gasteiger partial charge in [-0.1, -0.05) is 12.1 Å². The van der Waals surface area contributed by atoms with Crippen LogP contribution in [0.25, 0.3) is 0 Å². The van der Waals surface area contributed by atoms with E-state index in [-0.39, 0.29) is 11.5 Å². The first-order valence-electron chi connectivity index (χ1n) is 6.96. The summed E-state index contributed by atoms with van der Waals surface area (Å²) in [5.74, 6) is 1.62. The quantitative estimate of drug-likeness (QED) is 0.690. The summed E-state index contributed by atoms with van der Waals surface area (Å²) in [6, 6.07) is 8.58. The molecule has 0 bridgehead atoms. The summed E-state index contributed by atoms with van der Waals surface area (Å²) in [6.07, 6.45) is 2.34. The Balaban J connectivity index is 1.82. The molecule has 1 aromatic carbocycles. The molecule has 0 saturated heterocycles. The number of anilines is 1. The molecule has 0 radical (unpaired) electrons. The highest BCUT2D eigenvalue weighted by Crippen LogP contribution is 2.34. The molecular formula is C15H15N3O4. The smallest absolute Gasteiger partial charge is 0.311 e. The second kappa shape index (κ2) is 6.30. The van der Waals surface area contributed by atoms with Gasteiger partial charge in [0.05, 0.1) is 18.1 Å². The highest BCUT2D eigenvalue weighted by Gasteiger charge is 2.17. The van der Waals surface area contributed by atoms with Crippen molar-refractivity contribution < 1.29 is 14.4 Å². The summed E-state index contributed by atoms with van der Waals surface area (Å²) < 4.78 is 11.4. The van der Waals surface area contributed by atoms with Crippen molar-refractivity contribution in [3.63, 3.8) is 0 Å². The van der Waals surface area contributed by atoms with E-state index in [1.165, 1.54) is 18.3 Å². The number of benzene rings is 1. The van der Waals surface area contributed by atoms with Gasteiger partial charge in [-0.15, -0.1) is 0 Å². The van der Waals surface area contributed by atoms with Gasteiger partial charge in [-0.2, -0.15) is 0 Å². The van der Waals surface area contributed by atoms with Crippen molar-refractivity contribution in [2.45, 2.75) is 13.0 Å². The van der Waals surface area contributed by atoms with Crippen LogP contribution in [-0.2, 0) is 6.54 Å². The molecule has 2 aromatic rings. The summed E-state index contributed by atoms with van der Waals surface area (Å²) in [5.41, 5.74) is 0.820. The third kappa shape index (κ3) is 2.93. The summed E-state index contributed by atoms with van der Waals surface area (Å²) >= 11 is 0. The van der Waals surface area contributed by atoms with Gasteiger partial charge in [0.2, 0.25) is 5.82 Å². The lowest BCUT2D eigenvalue weighted by molar-refractivity contribution is -0.384. The molecule has 1 aliphatic heterocycles. The van der Waals surface area contributed by atoms with Crippen LogP contribution in [0.4, 0.5) is 11.5 Å². The third-order valence-electron chi connectivity index (χ3n) is 3.28. The van der Waals surface area contributed by atoms with Crippen molar-refractivity contribution in [1.29, 1.82) is 0 Å². The molecule has 0 spiro atoms. The molecule has 0 atom stereocenters. The first kappa shape index (κ1) is 14.1. The zero-order chi connectivity index (χ0) is 15.4. The predicted molar refractivity (Wildman–Crippen MR) is 80.3 cm³/mol. The lowest BCUT2D eigenvalue weighted by Gasteiger charge is -2.13. The monoisotopic (exact) mass is 301 g/mol. The van der Waals surface area contributed by atoms with E-state index in [4.69, 9.17) is 9.47 Å². The van der Waals surface area contributed by atoms with E-state index in [1.807, 2.05) is 18.2 Å². The summed E-state index contributed by atoms with van der Waals surface area (Å²) in [7, 11) is 0. The predicted octanol–water partition coefficient (Wildman–Crippen LogP) is 2.76. The Morgan fingerprint density at radius 2 is 2.09 bits per heavy atom. The maximum atomic E-state index is 11.0. The molecule has 2 heterocycles. The standard InChI is InChI=1S/C15H15N3O4/c19-18(20)12-5-2-7-16-15(12)17-10-11-4-1-6-13-14(11)22-9-3-8-21-13/h1-2,4-7H,3,8-10H2,(H,16,17). The minimum Gasteiger partial charge on any atom is -0.490 e. The number of nitrogens with zero attached hydrogens (tertiary/aromatic N) is 2. The van der Waals surface area contributed by atoms with Crippen LogP contribution in [0.1, 0.15) is 12.0 Å². The highest BCUT2D eigenvalue weighted by molar-refractivity contribution is 5.56. The van der Waals surface area contributed by atoms with Gasteiger partial charge in [0.1, 0.15) is 0 Å². The van der Waals surface area contributed by atoms with E-state index in [2.05, 4.69) is 10.3 Å². The van der Waals surface area contributed by atoms with Gasteiger partial charge in [-0.25, -0.2) is 4.98 Å². The summed E-state index contributed by atoms with van der Waals surface area (Å²) in [5, 5.41) is 14.0. The molecular weight excluding hydrogens is 286 g/mol. The number of pyridine rings is 1. The van der Waals surface area contributed by atoms with E-state index in [9.17, 15) is 10.1 Å². The average molecular weight is 301 g/mol. The number of ether oxygens (including phenoxy) is 2. The molecule has 0 fully saturated rings. The van der Waals surface area contributed by atoms with E-state index >= 15 is 0 Å². The Bertz CT molecular complexity index is 690. The largest absolute Gasteiger partial charge is 0.490 e. The van der Waals surface area contributed by atoms with Crippen LogP contribution in [0.5, 0.6) is 11.5 Å².